The summed E-state index contributed by atoms with van der Waals surface area (Å²) in [5.41, 5.74) is -0.859. The Morgan fingerprint density at radius 3 is 2.65 bits per heavy atom. The van der Waals surface area contributed by atoms with Crippen molar-refractivity contribution in [2.45, 2.75) is 12.5 Å². The number of aromatic nitrogens is 4. The van der Waals surface area contributed by atoms with Gasteiger partial charge >= 0.3 is 6.18 Å². The molecule has 0 saturated heterocycles. The van der Waals surface area contributed by atoms with E-state index in [0.29, 0.717) is 0 Å². The van der Waals surface area contributed by atoms with E-state index in [1.165, 1.54) is 12.4 Å². The molecule has 0 aliphatic carbocycles. The number of rotatable bonds is 2. The highest BCUT2D eigenvalue weighted by atomic mass is 19.4. The standard InChI is InChI=1S/C9H6BF3N4/c10-4-6-5-14-8(17-2-1-15-16-17)3-7(6)9(11,12)13/h1-3,5H,4H2. The van der Waals surface area contributed by atoms with Gasteiger partial charge in [0.2, 0.25) is 0 Å². The third-order valence-electron chi connectivity index (χ3n) is 2.15. The number of pyridine rings is 1. The van der Waals surface area contributed by atoms with E-state index in [2.05, 4.69) is 15.3 Å². The summed E-state index contributed by atoms with van der Waals surface area (Å²) >= 11 is 0. The number of nitrogens with zero attached hydrogens (tertiary/aromatic N) is 4. The first-order chi connectivity index (χ1) is 8.02. The van der Waals surface area contributed by atoms with Crippen molar-refractivity contribution < 1.29 is 13.2 Å². The van der Waals surface area contributed by atoms with Crippen molar-refractivity contribution in [2.24, 2.45) is 0 Å². The molecule has 0 saturated carbocycles. The van der Waals surface area contributed by atoms with Gasteiger partial charge in [-0.15, -0.1) is 5.10 Å². The van der Waals surface area contributed by atoms with E-state index < -0.39 is 11.7 Å². The quantitative estimate of drug-likeness (QED) is 0.741. The summed E-state index contributed by atoms with van der Waals surface area (Å²) < 4.78 is 39.3. The molecule has 0 aliphatic rings. The molecule has 8 heteroatoms. The Morgan fingerprint density at radius 2 is 2.12 bits per heavy atom. The first kappa shape index (κ1) is 11.6. The maximum absolute atomic E-state index is 12.7. The van der Waals surface area contributed by atoms with E-state index in [1.807, 2.05) is 0 Å². The zero-order valence-corrected chi connectivity index (χ0v) is 8.52. The molecule has 17 heavy (non-hydrogen) atoms. The van der Waals surface area contributed by atoms with E-state index in [4.69, 9.17) is 7.85 Å². The van der Waals surface area contributed by atoms with Crippen LogP contribution < -0.4 is 0 Å². The zero-order chi connectivity index (χ0) is 12.5. The Kier molecular flexibility index (Phi) is 2.87. The molecule has 2 aromatic heterocycles. The lowest BCUT2D eigenvalue weighted by atomic mass is 9.94. The predicted molar refractivity (Wildman–Crippen MR) is 53.6 cm³/mol. The van der Waals surface area contributed by atoms with Crippen molar-refractivity contribution in [1.29, 1.82) is 0 Å². The second-order valence-electron chi connectivity index (χ2n) is 3.25. The van der Waals surface area contributed by atoms with E-state index in [-0.39, 0.29) is 17.7 Å². The normalized spacial score (nSPS) is 11.7. The van der Waals surface area contributed by atoms with Crippen molar-refractivity contribution in [1.82, 2.24) is 20.0 Å². The van der Waals surface area contributed by atoms with Crippen LogP contribution >= 0.6 is 0 Å². The van der Waals surface area contributed by atoms with Gasteiger partial charge in [-0.3, -0.25) is 0 Å². The molecule has 4 nitrogen and oxygen atoms in total. The minimum Gasteiger partial charge on any atom is -0.237 e. The maximum atomic E-state index is 12.7. The van der Waals surface area contributed by atoms with Crippen molar-refractivity contribution in [3.63, 3.8) is 0 Å². The van der Waals surface area contributed by atoms with Crippen molar-refractivity contribution >= 4 is 7.85 Å². The molecule has 0 aliphatic heterocycles. The highest BCUT2D eigenvalue weighted by molar-refractivity contribution is 6.08. The van der Waals surface area contributed by atoms with Crippen LogP contribution in [0.3, 0.4) is 0 Å². The molecule has 2 aromatic rings. The lowest BCUT2D eigenvalue weighted by Gasteiger charge is -2.12. The maximum Gasteiger partial charge on any atom is 0.416 e. The Hall–Kier alpha value is -1.86. The Bertz CT molecular complexity index is 509. The number of hydrogen-bond acceptors (Lipinski definition) is 3. The number of halogens is 3. The first-order valence-corrected chi connectivity index (χ1v) is 4.65. The molecule has 86 valence electrons. The molecule has 0 unspecified atom stereocenters. The lowest BCUT2D eigenvalue weighted by molar-refractivity contribution is -0.138. The second kappa shape index (κ2) is 4.19. The molecule has 2 heterocycles. The van der Waals surface area contributed by atoms with Gasteiger partial charge in [0.15, 0.2) is 5.82 Å². The second-order valence-corrected chi connectivity index (χ2v) is 3.25. The summed E-state index contributed by atoms with van der Waals surface area (Å²) in [6.07, 6.45) is -0.831. The molecular weight excluding hydrogens is 232 g/mol. The van der Waals surface area contributed by atoms with Gasteiger partial charge < -0.3 is 0 Å². The minimum absolute atomic E-state index is 0.0482. The monoisotopic (exact) mass is 238 g/mol. The molecule has 2 radical (unpaired) electrons. The fourth-order valence-electron chi connectivity index (χ4n) is 1.35. The summed E-state index contributed by atoms with van der Waals surface area (Å²) in [5.74, 6) is 0.0482. The third kappa shape index (κ3) is 2.30. The van der Waals surface area contributed by atoms with E-state index in [1.54, 1.807) is 0 Å². The van der Waals surface area contributed by atoms with Gasteiger partial charge in [0.1, 0.15) is 0 Å². The smallest absolute Gasteiger partial charge is 0.237 e. The first-order valence-electron chi connectivity index (χ1n) is 4.65. The predicted octanol–water partition coefficient (Wildman–Crippen LogP) is 1.35. The fraction of sp³-hybridized carbons (Fsp3) is 0.222. The third-order valence-corrected chi connectivity index (χ3v) is 2.15. The highest BCUT2D eigenvalue weighted by Gasteiger charge is 2.33. The van der Waals surface area contributed by atoms with Crippen LogP contribution in [0.2, 0.25) is 0 Å². The molecule has 0 amide bonds. The molecule has 0 N–H and O–H groups in total. The van der Waals surface area contributed by atoms with Gasteiger partial charge in [-0.1, -0.05) is 11.5 Å². The van der Waals surface area contributed by atoms with Crippen LogP contribution in [0.25, 0.3) is 5.82 Å². The van der Waals surface area contributed by atoms with Crippen LogP contribution in [0, 0.1) is 0 Å². The molecule has 0 fully saturated rings. The van der Waals surface area contributed by atoms with E-state index in [0.717, 1.165) is 16.9 Å². The van der Waals surface area contributed by atoms with Gasteiger partial charge in [-0.25, -0.2) is 9.67 Å². The summed E-state index contributed by atoms with van der Waals surface area (Å²) in [7, 11) is 5.24. The van der Waals surface area contributed by atoms with Gasteiger partial charge in [-0.05, 0) is 11.6 Å². The average Bonchev–Trinajstić information content (AvgIpc) is 2.80. The van der Waals surface area contributed by atoms with Gasteiger partial charge in [0.05, 0.1) is 25.8 Å². The summed E-state index contributed by atoms with van der Waals surface area (Å²) in [4.78, 5) is 3.85. The van der Waals surface area contributed by atoms with Crippen molar-refractivity contribution in [3.05, 3.63) is 35.8 Å². The Morgan fingerprint density at radius 1 is 1.35 bits per heavy atom. The molecule has 0 aromatic carbocycles. The lowest BCUT2D eigenvalue weighted by Crippen LogP contribution is -2.12. The van der Waals surface area contributed by atoms with Gasteiger partial charge in [-0.2, -0.15) is 13.2 Å². The molecule has 0 spiro atoms. The molecule has 0 atom stereocenters. The van der Waals surface area contributed by atoms with Crippen molar-refractivity contribution in [3.8, 4) is 5.82 Å². The average molecular weight is 238 g/mol. The largest absolute Gasteiger partial charge is 0.416 e. The van der Waals surface area contributed by atoms with Crippen molar-refractivity contribution in [2.75, 3.05) is 0 Å². The Labute approximate surface area is 95.9 Å². The highest BCUT2D eigenvalue weighted by Crippen LogP contribution is 2.32. The summed E-state index contributed by atoms with van der Waals surface area (Å²) in [6.45, 7) is 0. The number of hydrogen-bond donors (Lipinski definition) is 0. The zero-order valence-electron chi connectivity index (χ0n) is 8.52. The van der Waals surface area contributed by atoms with Crippen LogP contribution in [-0.2, 0) is 12.5 Å². The topological polar surface area (TPSA) is 43.6 Å². The molecule has 2 rings (SSSR count). The van der Waals surface area contributed by atoms with Gasteiger partial charge in [0.25, 0.3) is 0 Å². The van der Waals surface area contributed by atoms with Crippen LogP contribution in [0.1, 0.15) is 11.1 Å². The Balaban J connectivity index is 2.53. The minimum atomic E-state index is -4.47. The van der Waals surface area contributed by atoms with Crippen LogP contribution in [-0.4, -0.2) is 27.8 Å². The fourth-order valence-corrected chi connectivity index (χ4v) is 1.35. The van der Waals surface area contributed by atoms with Crippen LogP contribution in [0.5, 0.6) is 0 Å². The van der Waals surface area contributed by atoms with Crippen LogP contribution in [0.4, 0.5) is 13.2 Å². The summed E-state index contributed by atoms with van der Waals surface area (Å²) in [6, 6.07) is 0.900. The van der Waals surface area contributed by atoms with E-state index >= 15 is 0 Å². The number of alkyl halides is 3. The summed E-state index contributed by atoms with van der Waals surface area (Å²) in [5, 5.41) is 7.07. The van der Waals surface area contributed by atoms with Crippen LogP contribution in [0.15, 0.2) is 24.7 Å². The van der Waals surface area contributed by atoms with Gasteiger partial charge in [0, 0.05) is 6.20 Å². The van der Waals surface area contributed by atoms with E-state index in [9.17, 15) is 13.2 Å². The SMILES string of the molecule is [B]Cc1cnc(-n2ccnn2)cc1C(F)(F)F. The molecule has 0 bridgehead atoms. The molecular formula is C9H6BF3N4.